The van der Waals surface area contributed by atoms with Gasteiger partial charge in [0.1, 0.15) is 6.29 Å². The van der Waals surface area contributed by atoms with E-state index >= 15 is 0 Å². The normalized spacial score (nSPS) is 11.7. The predicted octanol–water partition coefficient (Wildman–Crippen LogP) is 3.90. The van der Waals surface area contributed by atoms with Crippen molar-refractivity contribution in [3.05, 3.63) is 66.2 Å². The van der Waals surface area contributed by atoms with Crippen molar-refractivity contribution in [1.82, 2.24) is 9.97 Å². The van der Waals surface area contributed by atoms with Gasteiger partial charge in [0, 0.05) is 4.91 Å². The van der Waals surface area contributed by atoms with Crippen molar-refractivity contribution in [2.45, 2.75) is 5.16 Å². The molecule has 0 unspecified atom stereocenters. The van der Waals surface area contributed by atoms with E-state index in [4.69, 9.17) is 0 Å². The summed E-state index contributed by atoms with van der Waals surface area (Å²) in [6, 6.07) is 17.7. The molecule has 0 amide bonds. The zero-order valence-electron chi connectivity index (χ0n) is 10.6. The van der Waals surface area contributed by atoms with Gasteiger partial charge in [-0.1, -0.05) is 54.2 Å². The van der Waals surface area contributed by atoms with Crippen molar-refractivity contribution < 1.29 is 4.79 Å². The van der Waals surface area contributed by atoms with Gasteiger partial charge in [-0.3, -0.25) is 4.79 Å². The zero-order chi connectivity index (χ0) is 13.8. The minimum Gasteiger partial charge on any atom is -0.333 e. The van der Waals surface area contributed by atoms with Crippen molar-refractivity contribution in [1.29, 1.82) is 0 Å². The molecule has 3 nitrogen and oxygen atoms in total. The molecule has 0 saturated heterocycles. The van der Waals surface area contributed by atoms with E-state index in [-0.39, 0.29) is 0 Å². The van der Waals surface area contributed by atoms with Gasteiger partial charge >= 0.3 is 0 Å². The molecular weight excluding hydrogens is 268 g/mol. The molecule has 3 rings (SSSR count). The summed E-state index contributed by atoms with van der Waals surface area (Å²) >= 11 is 1.46. The Bertz CT molecular complexity index is 729. The van der Waals surface area contributed by atoms with E-state index in [1.165, 1.54) is 11.8 Å². The van der Waals surface area contributed by atoms with Crippen LogP contribution in [0.25, 0.3) is 15.9 Å². The lowest BCUT2D eigenvalue weighted by atomic mass is 10.2. The van der Waals surface area contributed by atoms with Crippen molar-refractivity contribution in [3.8, 4) is 0 Å². The van der Waals surface area contributed by atoms with E-state index in [1.54, 1.807) is 6.08 Å². The van der Waals surface area contributed by atoms with Gasteiger partial charge < -0.3 is 4.98 Å². The molecule has 0 atom stereocenters. The third kappa shape index (κ3) is 2.65. The maximum absolute atomic E-state index is 10.8. The fourth-order valence-electron chi connectivity index (χ4n) is 1.94. The number of thioether (sulfide) groups is 1. The molecule has 0 aliphatic rings. The monoisotopic (exact) mass is 280 g/mol. The number of aromatic nitrogens is 2. The first-order valence-corrected chi connectivity index (χ1v) is 7.02. The average molecular weight is 280 g/mol. The largest absolute Gasteiger partial charge is 0.333 e. The quantitative estimate of drug-likeness (QED) is 0.448. The Morgan fingerprint density at radius 2 is 1.80 bits per heavy atom. The number of aromatic amines is 1. The van der Waals surface area contributed by atoms with Crippen LogP contribution in [0.5, 0.6) is 0 Å². The Labute approximate surface area is 120 Å². The van der Waals surface area contributed by atoms with Crippen molar-refractivity contribution >= 4 is 34.0 Å². The Balaban J connectivity index is 1.94. The van der Waals surface area contributed by atoms with Crippen LogP contribution < -0.4 is 0 Å². The average Bonchev–Trinajstić information content (AvgIpc) is 2.90. The molecule has 0 aliphatic heterocycles. The Hall–Kier alpha value is -2.33. The highest BCUT2D eigenvalue weighted by Crippen LogP contribution is 2.33. The molecule has 0 radical (unpaired) electrons. The molecule has 0 spiro atoms. The van der Waals surface area contributed by atoms with Gasteiger partial charge in [-0.05, 0) is 23.8 Å². The molecule has 0 saturated carbocycles. The van der Waals surface area contributed by atoms with E-state index in [0.29, 0.717) is 0 Å². The standard InChI is InChI=1S/C16H12N2OS/c19-11-10-15(12-6-2-1-3-7-12)20-16-17-13-8-4-5-9-14(13)18-16/h1-11H,(H,17,18). The van der Waals surface area contributed by atoms with Gasteiger partial charge in [-0.2, -0.15) is 0 Å². The second-order valence-corrected chi connectivity index (χ2v) is 5.22. The number of hydrogen-bond acceptors (Lipinski definition) is 3. The molecule has 0 fully saturated rings. The minimum atomic E-state index is 0.781. The van der Waals surface area contributed by atoms with Gasteiger partial charge in [0.05, 0.1) is 11.0 Å². The SMILES string of the molecule is O=CC=C(Sc1nc2ccccc2[nH]1)c1ccccc1. The van der Waals surface area contributed by atoms with Crippen LogP contribution in [0, 0.1) is 0 Å². The third-order valence-electron chi connectivity index (χ3n) is 2.85. The number of allylic oxidation sites excluding steroid dienone is 1. The molecule has 3 aromatic rings. The van der Waals surface area contributed by atoms with Crippen LogP contribution in [0.4, 0.5) is 0 Å². The van der Waals surface area contributed by atoms with Crippen LogP contribution in [0.3, 0.4) is 0 Å². The van der Waals surface area contributed by atoms with Crippen LogP contribution in [0.1, 0.15) is 5.56 Å². The number of H-pyrrole nitrogens is 1. The van der Waals surface area contributed by atoms with Crippen LogP contribution >= 0.6 is 11.8 Å². The fraction of sp³-hybridized carbons (Fsp3) is 0. The number of fused-ring (bicyclic) bond motifs is 1. The van der Waals surface area contributed by atoms with E-state index in [0.717, 1.165) is 32.9 Å². The van der Waals surface area contributed by atoms with E-state index in [2.05, 4.69) is 9.97 Å². The molecule has 4 heteroatoms. The minimum absolute atomic E-state index is 0.781. The third-order valence-corrected chi connectivity index (χ3v) is 3.83. The number of nitrogens with one attached hydrogen (secondary N) is 1. The van der Waals surface area contributed by atoms with E-state index in [9.17, 15) is 4.79 Å². The molecule has 2 aromatic carbocycles. The van der Waals surface area contributed by atoms with Crippen molar-refractivity contribution in [3.63, 3.8) is 0 Å². The fourth-order valence-corrected chi connectivity index (χ4v) is 2.83. The second-order valence-electron chi connectivity index (χ2n) is 4.19. The van der Waals surface area contributed by atoms with E-state index in [1.807, 2.05) is 54.6 Å². The lowest BCUT2D eigenvalue weighted by Gasteiger charge is -2.03. The summed E-state index contributed by atoms with van der Waals surface area (Å²) in [4.78, 5) is 19.5. The maximum Gasteiger partial charge on any atom is 0.171 e. The van der Waals surface area contributed by atoms with Crippen molar-refractivity contribution in [2.24, 2.45) is 0 Å². The highest BCUT2D eigenvalue weighted by Gasteiger charge is 2.08. The molecule has 20 heavy (non-hydrogen) atoms. The Kier molecular flexibility index (Phi) is 3.65. The van der Waals surface area contributed by atoms with Crippen LogP contribution in [-0.4, -0.2) is 16.3 Å². The molecule has 0 bridgehead atoms. The summed E-state index contributed by atoms with van der Waals surface area (Å²) in [6.45, 7) is 0. The first-order valence-electron chi connectivity index (χ1n) is 6.20. The maximum atomic E-state index is 10.8. The number of aldehydes is 1. The first kappa shape index (κ1) is 12.7. The number of para-hydroxylation sites is 2. The molecule has 1 N–H and O–H groups in total. The Morgan fingerprint density at radius 1 is 1.05 bits per heavy atom. The summed E-state index contributed by atoms with van der Waals surface area (Å²) in [5.41, 5.74) is 2.92. The zero-order valence-corrected chi connectivity index (χ0v) is 11.4. The molecular formula is C16H12N2OS. The summed E-state index contributed by atoms with van der Waals surface area (Å²) in [5.74, 6) is 0. The molecule has 1 heterocycles. The predicted molar refractivity (Wildman–Crippen MR) is 82.4 cm³/mol. The number of carbonyl (C=O) groups is 1. The lowest BCUT2D eigenvalue weighted by Crippen LogP contribution is -1.82. The molecule has 0 aliphatic carbocycles. The van der Waals surface area contributed by atoms with Gasteiger partial charge in [-0.15, -0.1) is 0 Å². The van der Waals surface area contributed by atoms with Crippen LogP contribution in [0.2, 0.25) is 0 Å². The number of carbonyl (C=O) groups excluding carboxylic acids is 1. The van der Waals surface area contributed by atoms with Gasteiger partial charge in [-0.25, -0.2) is 4.98 Å². The van der Waals surface area contributed by atoms with Crippen molar-refractivity contribution in [2.75, 3.05) is 0 Å². The van der Waals surface area contributed by atoms with Gasteiger partial charge in [0.25, 0.3) is 0 Å². The summed E-state index contributed by atoms with van der Waals surface area (Å²) in [5, 5.41) is 0.781. The first-order chi connectivity index (χ1) is 9.86. The van der Waals surface area contributed by atoms with Crippen LogP contribution in [-0.2, 0) is 4.79 Å². The number of nitrogens with zero attached hydrogens (tertiary/aromatic N) is 1. The Morgan fingerprint density at radius 3 is 2.55 bits per heavy atom. The van der Waals surface area contributed by atoms with Gasteiger partial charge in [0.15, 0.2) is 5.16 Å². The highest BCUT2D eigenvalue weighted by molar-refractivity contribution is 8.08. The lowest BCUT2D eigenvalue weighted by molar-refractivity contribution is -0.104. The smallest absolute Gasteiger partial charge is 0.171 e. The number of imidazole rings is 1. The van der Waals surface area contributed by atoms with E-state index < -0.39 is 0 Å². The summed E-state index contributed by atoms with van der Waals surface area (Å²) in [7, 11) is 0. The molecule has 98 valence electrons. The second kappa shape index (κ2) is 5.75. The topological polar surface area (TPSA) is 45.8 Å². The highest BCUT2D eigenvalue weighted by atomic mass is 32.2. The number of hydrogen-bond donors (Lipinski definition) is 1. The summed E-state index contributed by atoms with van der Waals surface area (Å²) < 4.78 is 0. The molecule has 1 aromatic heterocycles. The number of rotatable bonds is 4. The summed E-state index contributed by atoms with van der Waals surface area (Å²) in [6.07, 6.45) is 2.37. The van der Waals surface area contributed by atoms with Crippen LogP contribution in [0.15, 0.2) is 65.8 Å². The van der Waals surface area contributed by atoms with Gasteiger partial charge in [0.2, 0.25) is 0 Å². The number of benzene rings is 2.